The van der Waals surface area contributed by atoms with Crippen molar-refractivity contribution in [2.24, 2.45) is 11.8 Å². The fraction of sp³-hybridized carbons (Fsp3) is 0.560. The number of benzene rings is 1. The van der Waals surface area contributed by atoms with Gasteiger partial charge in [-0.3, -0.25) is 0 Å². The van der Waals surface area contributed by atoms with E-state index in [2.05, 4.69) is 39.8 Å². The van der Waals surface area contributed by atoms with Gasteiger partial charge < -0.3 is 9.47 Å². The highest BCUT2D eigenvalue weighted by Gasteiger charge is 2.32. The highest BCUT2D eigenvalue weighted by molar-refractivity contribution is 5.96. The van der Waals surface area contributed by atoms with E-state index in [9.17, 15) is 9.18 Å². The van der Waals surface area contributed by atoms with Crippen LogP contribution in [0.1, 0.15) is 77.5 Å². The van der Waals surface area contributed by atoms with Gasteiger partial charge in [0.2, 0.25) is 5.83 Å². The zero-order valence-corrected chi connectivity index (χ0v) is 18.5. The average molecular weight is 401 g/mol. The number of hydrogen-bond acceptors (Lipinski definition) is 3. The first kappa shape index (κ1) is 21.6. The summed E-state index contributed by atoms with van der Waals surface area (Å²) in [5, 5.41) is 0. The lowest BCUT2D eigenvalue weighted by atomic mass is 9.70. The molecular formula is C25H33FO3. The van der Waals surface area contributed by atoms with Gasteiger partial charge in [0.05, 0.1) is 13.2 Å². The lowest BCUT2D eigenvalue weighted by Crippen LogP contribution is -2.23. The van der Waals surface area contributed by atoms with Crippen molar-refractivity contribution in [1.82, 2.24) is 0 Å². The summed E-state index contributed by atoms with van der Waals surface area (Å²) in [5.74, 6) is -0.179. The number of allylic oxidation sites excluding steroid dienone is 3. The maximum Gasteiger partial charge on any atom is 0.367 e. The number of carbonyl (C=O) groups is 1. The Labute approximate surface area is 174 Å². The number of rotatable bonds is 7. The van der Waals surface area contributed by atoms with E-state index in [4.69, 9.17) is 9.47 Å². The second kappa shape index (κ2) is 8.33. The van der Waals surface area contributed by atoms with Crippen LogP contribution in [0.25, 0.3) is 11.1 Å². The van der Waals surface area contributed by atoms with E-state index < -0.39 is 11.8 Å². The van der Waals surface area contributed by atoms with Crippen LogP contribution in [0, 0.1) is 11.8 Å². The first-order valence-corrected chi connectivity index (χ1v) is 10.7. The van der Waals surface area contributed by atoms with Gasteiger partial charge in [0.15, 0.2) is 0 Å². The molecule has 0 heterocycles. The van der Waals surface area contributed by atoms with Crippen LogP contribution >= 0.6 is 0 Å². The lowest BCUT2D eigenvalue weighted by molar-refractivity contribution is -0.140. The van der Waals surface area contributed by atoms with Gasteiger partial charge in [0.25, 0.3) is 0 Å². The molecule has 1 aromatic carbocycles. The predicted molar refractivity (Wildman–Crippen MR) is 115 cm³/mol. The molecule has 1 aromatic rings. The second-order valence-electron chi connectivity index (χ2n) is 9.21. The number of carbonyl (C=O) groups excluding carboxylic acids is 1. The standard InChI is InChI=1S/C25H33FO3/c1-7-28-24(27)23(26)16(4)19-12-20-18(15(2)3)10-11-25(5,6)21(20)13-22(19)29-14-17-8-9-17/h10,12-13,15,17H,7-9,11,14H2,1-6H3/b23-16-. The minimum absolute atomic E-state index is 0.0265. The Bertz CT molecular complexity index is 857. The molecule has 3 nitrogen and oxygen atoms in total. The third-order valence-electron chi connectivity index (χ3n) is 5.97. The molecule has 2 aliphatic rings. The van der Waals surface area contributed by atoms with Gasteiger partial charge in [-0.05, 0) is 79.2 Å². The molecule has 1 fully saturated rings. The molecule has 0 N–H and O–H groups in total. The molecule has 0 atom stereocenters. The summed E-state index contributed by atoms with van der Waals surface area (Å²) in [5.41, 5.74) is 4.49. The zero-order valence-electron chi connectivity index (χ0n) is 18.5. The van der Waals surface area contributed by atoms with Crippen LogP contribution in [0.2, 0.25) is 0 Å². The lowest BCUT2D eigenvalue weighted by Gasteiger charge is -2.34. The van der Waals surface area contributed by atoms with Crippen LogP contribution < -0.4 is 4.74 Å². The molecule has 3 rings (SSSR count). The topological polar surface area (TPSA) is 35.5 Å². The number of esters is 1. The molecule has 29 heavy (non-hydrogen) atoms. The van der Waals surface area contributed by atoms with E-state index in [-0.39, 0.29) is 17.6 Å². The van der Waals surface area contributed by atoms with Gasteiger partial charge in [-0.25, -0.2) is 4.79 Å². The SMILES string of the molecule is CCOC(=O)/C(F)=C(\C)c1cc2c(cc1OCC1CC1)C(C)(C)CC=C2C(C)C. The molecule has 0 aromatic heterocycles. The van der Waals surface area contributed by atoms with Crippen molar-refractivity contribution in [1.29, 1.82) is 0 Å². The molecule has 158 valence electrons. The second-order valence-corrected chi connectivity index (χ2v) is 9.21. The van der Waals surface area contributed by atoms with Crippen molar-refractivity contribution in [2.45, 2.75) is 66.2 Å². The highest BCUT2D eigenvalue weighted by Crippen LogP contribution is 2.46. The first-order chi connectivity index (χ1) is 13.7. The Morgan fingerprint density at radius 2 is 1.97 bits per heavy atom. The van der Waals surface area contributed by atoms with Crippen molar-refractivity contribution in [3.63, 3.8) is 0 Å². The monoisotopic (exact) mass is 400 g/mol. The quantitative estimate of drug-likeness (QED) is 0.389. The minimum atomic E-state index is -0.921. The van der Waals surface area contributed by atoms with Gasteiger partial charge in [-0.1, -0.05) is 33.8 Å². The van der Waals surface area contributed by atoms with Crippen LogP contribution in [-0.2, 0) is 14.9 Å². The van der Waals surface area contributed by atoms with E-state index in [1.165, 1.54) is 24.0 Å². The molecular weight excluding hydrogens is 367 g/mol. The van der Waals surface area contributed by atoms with Crippen LogP contribution in [0.3, 0.4) is 0 Å². The van der Waals surface area contributed by atoms with E-state index in [1.54, 1.807) is 13.8 Å². The highest BCUT2D eigenvalue weighted by atomic mass is 19.1. The normalized spacial score (nSPS) is 18.7. The van der Waals surface area contributed by atoms with Crippen LogP contribution in [0.5, 0.6) is 5.75 Å². The molecule has 0 saturated heterocycles. The Morgan fingerprint density at radius 3 is 2.55 bits per heavy atom. The van der Waals surface area contributed by atoms with Gasteiger partial charge in [0.1, 0.15) is 5.75 Å². The number of halogens is 1. The summed E-state index contributed by atoms with van der Waals surface area (Å²) >= 11 is 0. The van der Waals surface area contributed by atoms with E-state index in [1.807, 2.05) is 6.07 Å². The van der Waals surface area contributed by atoms with Crippen molar-refractivity contribution in [3.05, 3.63) is 40.7 Å². The molecule has 0 spiro atoms. The number of ether oxygens (including phenoxy) is 2. The Hall–Kier alpha value is -2.10. The minimum Gasteiger partial charge on any atom is -0.493 e. The van der Waals surface area contributed by atoms with Crippen molar-refractivity contribution < 1.29 is 18.7 Å². The molecule has 4 heteroatoms. The first-order valence-electron chi connectivity index (χ1n) is 10.7. The summed E-state index contributed by atoms with van der Waals surface area (Å²) in [7, 11) is 0. The largest absolute Gasteiger partial charge is 0.493 e. The summed E-state index contributed by atoms with van der Waals surface area (Å²) < 4.78 is 25.9. The van der Waals surface area contributed by atoms with Crippen molar-refractivity contribution in [2.75, 3.05) is 13.2 Å². The Morgan fingerprint density at radius 1 is 1.28 bits per heavy atom. The smallest absolute Gasteiger partial charge is 0.367 e. The third-order valence-corrected chi connectivity index (χ3v) is 5.97. The molecule has 1 saturated carbocycles. The summed E-state index contributed by atoms with van der Waals surface area (Å²) in [4.78, 5) is 12.0. The Balaban J connectivity index is 2.15. The number of hydrogen-bond donors (Lipinski definition) is 0. The molecule has 0 unspecified atom stereocenters. The van der Waals surface area contributed by atoms with E-state index in [0.29, 0.717) is 29.8 Å². The summed E-state index contributed by atoms with van der Waals surface area (Å²) in [6, 6.07) is 4.09. The van der Waals surface area contributed by atoms with Gasteiger partial charge >= 0.3 is 5.97 Å². The number of fused-ring (bicyclic) bond motifs is 1. The van der Waals surface area contributed by atoms with Crippen LogP contribution in [0.4, 0.5) is 4.39 Å². The predicted octanol–water partition coefficient (Wildman–Crippen LogP) is 6.46. The molecule has 0 bridgehead atoms. The van der Waals surface area contributed by atoms with Crippen molar-refractivity contribution in [3.8, 4) is 5.75 Å². The maximum atomic E-state index is 14.8. The fourth-order valence-electron chi connectivity index (χ4n) is 3.88. The van der Waals surface area contributed by atoms with Gasteiger partial charge in [0, 0.05) is 11.1 Å². The van der Waals surface area contributed by atoms with Crippen LogP contribution in [-0.4, -0.2) is 19.2 Å². The average Bonchev–Trinajstić information content (AvgIpc) is 3.49. The van der Waals surface area contributed by atoms with Crippen molar-refractivity contribution >= 4 is 17.1 Å². The van der Waals surface area contributed by atoms with Gasteiger partial charge in [-0.2, -0.15) is 4.39 Å². The van der Waals surface area contributed by atoms with E-state index in [0.717, 1.165) is 12.0 Å². The Kier molecular flexibility index (Phi) is 6.21. The van der Waals surface area contributed by atoms with Gasteiger partial charge in [-0.15, -0.1) is 0 Å². The molecule has 0 aliphatic heterocycles. The fourth-order valence-corrected chi connectivity index (χ4v) is 3.88. The molecule has 0 amide bonds. The van der Waals surface area contributed by atoms with Crippen LogP contribution in [0.15, 0.2) is 24.0 Å². The summed E-state index contributed by atoms with van der Waals surface area (Å²) in [6.07, 6.45) is 5.61. The zero-order chi connectivity index (χ0) is 21.3. The molecule has 2 aliphatic carbocycles. The summed E-state index contributed by atoms with van der Waals surface area (Å²) in [6.45, 7) is 12.9. The van der Waals surface area contributed by atoms with E-state index >= 15 is 0 Å². The maximum absolute atomic E-state index is 14.8. The third kappa shape index (κ3) is 4.57. The molecule has 0 radical (unpaired) electrons.